The van der Waals surface area contributed by atoms with Crippen molar-refractivity contribution >= 4 is 28.6 Å². The predicted molar refractivity (Wildman–Crippen MR) is 79.4 cm³/mol. The molecule has 1 amide bonds. The van der Waals surface area contributed by atoms with E-state index in [0.29, 0.717) is 30.6 Å². The van der Waals surface area contributed by atoms with E-state index in [9.17, 15) is 4.79 Å². The van der Waals surface area contributed by atoms with E-state index in [2.05, 4.69) is 10.3 Å². The van der Waals surface area contributed by atoms with Gasteiger partial charge in [-0.25, -0.2) is 4.98 Å². The molecule has 112 valence electrons. The minimum Gasteiger partial charge on any atom is -0.482 e. The quantitative estimate of drug-likeness (QED) is 0.812. The van der Waals surface area contributed by atoms with Gasteiger partial charge < -0.3 is 25.1 Å². The minimum absolute atomic E-state index is 0.0342. The van der Waals surface area contributed by atoms with Crippen LogP contribution in [0.4, 0.5) is 11.6 Å². The molecule has 0 fully saturated rings. The van der Waals surface area contributed by atoms with Gasteiger partial charge in [0.1, 0.15) is 5.75 Å². The molecule has 1 aromatic carbocycles. The van der Waals surface area contributed by atoms with Gasteiger partial charge in [-0.1, -0.05) is 0 Å². The van der Waals surface area contributed by atoms with Gasteiger partial charge >= 0.3 is 0 Å². The van der Waals surface area contributed by atoms with Gasteiger partial charge in [0.15, 0.2) is 6.61 Å². The fourth-order valence-corrected chi connectivity index (χ4v) is 2.42. The lowest BCUT2D eigenvalue weighted by atomic mass is 10.2. The Kier molecular flexibility index (Phi) is 3.66. The van der Waals surface area contributed by atoms with Gasteiger partial charge in [-0.05, 0) is 19.4 Å². The van der Waals surface area contributed by atoms with Crippen molar-refractivity contribution in [3.05, 3.63) is 12.1 Å². The Labute approximate surface area is 122 Å². The molecule has 7 nitrogen and oxygen atoms in total. The van der Waals surface area contributed by atoms with E-state index < -0.39 is 0 Å². The molecule has 3 N–H and O–H groups in total. The summed E-state index contributed by atoms with van der Waals surface area (Å²) in [6.07, 6.45) is 0.859. The molecule has 2 aromatic rings. The Bertz CT molecular complexity index is 680. The lowest BCUT2D eigenvalue weighted by molar-refractivity contribution is -0.118. The van der Waals surface area contributed by atoms with Crippen LogP contribution in [-0.2, 0) is 16.1 Å². The third-order valence-electron chi connectivity index (χ3n) is 3.39. The number of hydrogen-bond acceptors (Lipinski definition) is 5. The highest BCUT2D eigenvalue weighted by Crippen LogP contribution is 2.33. The molecule has 0 saturated heterocycles. The maximum atomic E-state index is 11.3. The molecule has 7 heteroatoms. The van der Waals surface area contributed by atoms with E-state index in [1.165, 1.54) is 0 Å². The van der Waals surface area contributed by atoms with E-state index >= 15 is 0 Å². The van der Waals surface area contributed by atoms with E-state index in [4.69, 9.17) is 15.2 Å². The molecule has 3 rings (SSSR count). The lowest BCUT2D eigenvalue weighted by Gasteiger charge is -2.17. The predicted octanol–water partition coefficient (Wildman–Crippen LogP) is 1.38. The van der Waals surface area contributed by atoms with Crippen LogP contribution >= 0.6 is 0 Å². The van der Waals surface area contributed by atoms with Crippen LogP contribution in [0.1, 0.15) is 13.3 Å². The van der Waals surface area contributed by atoms with Gasteiger partial charge in [-0.2, -0.15) is 0 Å². The highest BCUT2D eigenvalue weighted by Gasteiger charge is 2.19. The first-order valence-corrected chi connectivity index (χ1v) is 6.99. The number of nitrogens with one attached hydrogen (secondary N) is 1. The van der Waals surface area contributed by atoms with Crippen molar-refractivity contribution < 1.29 is 14.3 Å². The second kappa shape index (κ2) is 5.61. The molecular formula is C14H18N4O3. The normalized spacial score (nSPS) is 13.9. The van der Waals surface area contributed by atoms with Crippen molar-refractivity contribution in [2.24, 2.45) is 0 Å². The zero-order chi connectivity index (χ0) is 14.8. The second-order valence-electron chi connectivity index (χ2n) is 4.85. The van der Waals surface area contributed by atoms with Crippen molar-refractivity contribution in [1.82, 2.24) is 9.55 Å². The van der Waals surface area contributed by atoms with Crippen LogP contribution in [0.2, 0.25) is 0 Å². The zero-order valence-electron chi connectivity index (χ0n) is 11.9. The van der Waals surface area contributed by atoms with E-state index in [0.717, 1.165) is 24.0 Å². The van der Waals surface area contributed by atoms with Crippen molar-refractivity contribution in [3.8, 4) is 5.75 Å². The molecular weight excluding hydrogens is 272 g/mol. The number of nitrogens with two attached hydrogens (primary N) is 1. The highest BCUT2D eigenvalue weighted by atomic mass is 16.5. The van der Waals surface area contributed by atoms with Gasteiger partial charge in [-0.3, -0.25) is 4.79 Å². The number of carbonyl (C=O) groups excluding carboxylic acids is 1. The summed E-state index contributed by atoms with van der Waals surface area (Å²) in [5.74, 6) is 0.939. The molecule has 0 unspecified atom stereocenters. The first-order valence-electron chi connectivity index (χ1n) is 6.99. The van der Waals surface area contributed by atoms with E-state index in [1.807, 2.05) is 17.6 Å². The first-order chi connectivity index (χ1) is 10.2. The summed E-state index contributed by atoms with van der Waals surface area (Å²) in [5.41, 5.74) is 8.26. The van der Waals surface area contributed by atoms with Crippen molar-refractivity contribution in [3.63, 3.8) is 0 Å². The Morgan fingerprint density at radius 2 is 2.38 bits per heavy atom. The van der Waals surface area contributed by atoms with Gasteiger partial charge in [0.25, 0.3) is 5.91 Å². The van der Waals surface area contributed by atoms with E-state index in [1.54, 1.807) is 6.07 Å². The van der Waals surface area contributed by atoms with Crippen LogP contribution in [0.15, 0.2) is 12.1 Å². The molecule has 0 aliphatic carbocycles. The standard InChI is InChI=1S/C14H18N4O3/c1-2-20-5-3-4-18-11-7-12-10(16-13(19)8-21-12)6-9(11)17-14(18)15/h6-7H,2-5,8H2,1H3,(H2,15,17)(H,16,19). The number of nitrogens with zero attached hydrogens (tertiary/aromatic N) is 2. The maximum absolute atomic E-state index is 11.3. The number of hydrogen-bond donors (Lipinski definition) is 2. The lowest BCUT2D eigenvalue weighted by Crippen LogP contribution is -2.25. The number of ether oxygens (including phenoxy) is 2. The summed E-state index contributed by atoms with van der Waals surface area (Å²) in [6.45, 7) is 4.13. The summed E-state index contributed by atoms with van der Waals surface area (Å²) in [7, 11) is 0. The molecule has 0 bridgehead atoms. The SMILES string of the molecule is CCOCCCn1c(N)nc2cc3c(cc21)OCC(=O)N3. The summed E-state index contributed by atoms with van der Waals surface area (Å²) in [4.78, 5) is 15.7. The average Bonchev–Trinajstić information content (AvgIpc) is 2.76. The van der Waals surface area contributed by atoms with Gasteiger partial charge in [0.05, 0.1) is 16.7 Å². The smallest absolute Gasteiger partial charge is 0.262 e. The number of aryl methyl sites for hydroxylation is 1. The molecule has 0 spiro atoms. The third kappa shape index (κ3) is 2.64. The van der Waals surface area contributed by atoms with Crippen molar-refractivity contribution in [2.75, 3.05) is 30.9 Å². The largest absolute Gasteiger partial charge is 0.482 e. The fourth-order valence-electron chi connectivity index (χ4n) is 2.42. The van der Waals surface area contributed by atoms with Crippen molar-refractivity contribution in [2.45, 2.75) is 19.9 Å². The monoisotopic (exact) mass is 290 g/mol. The number of nitrogen functional groups attached to an aromatic ring is 1. The van der Waals surface area contributed by atoms with Crippen LogP contribution in [0.25, 0.3) is 11.0 Å². The van der Waals surface area contributed by atoms with Gasteiger partial charge in [-0.15, -0.1) is 0 Å². The number of amides is 1. The molecule has 1 aliphatic rings. The Morgan fingerprint density at radius 3 is 3.19 bits per heavy atom. The Morgan fingerprint density at radius 1 is 1.52 bits per heavy atom. The Balaban J connectivity index is 1.90. The van der Waals surface area contributed by atoms with Crippen LogP contribution < -0.4 is 15.8 Å². The summed E-state index contributed by atoms with van der Waals surface area (Å²) >= 11 is 0. The zero-order valence-corrected chi connectivity index (χ0v) is 11.9. The number of rotatable bonds is 5. The molecule has 21 heavy (non-hydrogen) atoms. The minimum atomic E-state index is -0.161. The summed E-state index contributed by atoms with van der Waals surface area (Å²) < 4.78 is 12.7. The molecule has 1 aliphatic heterocycles. The number of imidazole rings is 1. The number of fused-ring (bicyclic) bond motifs is 2. The Hall–Kier alpha value is -2.28. The summed E-state index contributed by atoms with van der Waals surface area (Å²) in [5, 5.41) is 2.77. The average molecular weight is 290 g/mol. The van der Waals surface area contributed by atoms with Crippen LogP contribution in [0.5, 0.6) is 5.75 Å². The molecule has 1 aromatic heterocycles. The number of aromatic nitrogens is 2. The van der Waals surface area contributed by atoms with Gasteiger partial charge in [0, 0.05) is 25.8 Å². The molecule has 0 atom stereocenters. The van der Waals surface area contributed by atoms with Crippen LogP contribution in [-0.4, -0.2) is 35.3 Å². The molecule has 0 radical (unpaired) electrons. The number of carbonyl (C=O) groups is 1. The fraction of sp³-hybridized carbons (Fsp3) is 0.429. The topological polar surface area (TPSA) is 91.4 Å². The summed E-state index contributed by atoms with van der Waals surface area (Å²) in [6, 6.07) is 3.66. The third-order valence-corrected chi connectivity index (χ3v) is 3.39. The van der Waals surface area contributed by atoms with Crippen molar-refractivity contribution in [1.29, 1.82) is 0 Å². The number of benzene rings is 1. The molecule has 2 heterocycles. The second-order valence-corrected chi connectivity index (χ2v) is 4.85. The number of anilines is 2. The van der Waals surface area contributed by atoms with Crippen LogP contribution in [0.3, 0.4) is 0 Å². The maximum Gasteiger partial charge on any atom is 0.262 e. The first kappa shape index (κ1) is 13.7. The molecule has 0 saturated carbocycles. The van der Waals surface area contributed by atoms with Gasteiger partial charge in [0.2, 0.25) is 5.95 Å². The van der Waals surface area contributed by atoms with E-state index in [-0.39, 0.29) is 12.5 Å². The van der Waals surface area contributed by atoms with Crippen LogP contribution in [0, 0.1) is 0 Å². The highest BCUT2D eigenvalue weighted by molar-refractivity contribution is 5.98.